The van der Waals surface area contributed by atoms with Crippen molar-refractivity contribution in [2.45, 2.75) is 235 Å². The van der Waals surface area contributed by atoms with E-state index in [0.717, 1.165) is 44.2 Å². The molecule has 2 aliphatic rings. The van der Waals surface area contributed by atoms with E-state index in [1.54, 1.807) is 96.2 Å². The van der Waals surface area contributed by atoms with Gasteiger partial charge in [0.15, 0.2) is 18.4 Å². The maximum absolute atomic E-state index is 13.9. The molecule has 9 aromatic rings. The van der Waals surface area contributed by atoms with Gasteiger partial charge in [0.25, 0.3) is 16.6 Å². The first kappa shape index (κ1) is 118. The van der Waals surface area contributed by atoms with E-state index in [1.165, 1.54) is 21.9 Å². The van der Waals surface area contributed by atoms with Crippen molar-refractivity contribution in [2.75, 3.05) is 87.5 Å². The van der Waals surface area contributed by atoms with Gasteiger partial charge in [-0.3, -0.25) is 0 Å². The zero-order valence-electron chi connectivity index (χ0n) is 88.3. The summed E-state index contributed by atoms with van der Waals surface area (Å²) in [5.41, 5.74) is 2.94. The maximum atomic E-state index is 13.9. The normalized spacial score (nSPS) is 17.2. The third kappa shape index (κ3) is 35.0. The van der Waals surface area contributed by atoms with Gasteiger partial charge < -0.3 is 75.2 Å². The van der Waals surface area contributed by atoms with Crippen LogP contribution in [0.4, 0.5) is 0 Å². The molecule has 10 atom stereocenters. The van der Waals surface area contributed by atoms with Crippen LogP contribution in [0.1, 0.15) is 148 Å². The van der Waals surface area contributed by atoms with Gasteiger partial charge in [-0.05, 0) is 139 Å². The zero-order valence-corrected chi connectivity index (χ0v) is 96.2. The zero-order chi connectivity index (χ0) is 105. The quantitative estimate of drug-likeness (QED) is 0.00653. The Kier molecular flexibility index (Phi) is 46.8. The van der Waals surface area contributed by atoms with Gasteiger partial charge in [-0.1, -0.05) is 266 Å². The molecule has 0 spiro atoms. The Morgan fingerprint density at radius 1 is 0.438 bits per heavy atom. The molecule has 2 unspecified atom stereocenters. The monoisotopic (exact) mass is 2220 g/mol. The molecule has 0 saturated carbocycles. The van der Waals surface area contributed by atoms with E-state index < -0.39 is 117 Å². The van der Waals surface area contributed by atoms with Crippen LogP contribution in [0, 0.1) is 0 Å². The number of alkyl halides is 1. The van der Waals surface area contributed by atoms with Crippen molar-refractivity contribution in [3.8, 4) is 23.0 Å². The Labute approximate surface area is 878 Å². The molecule has 0 radical (unpaired) electrons. The van der Waals surface area contributed by atoms with Crippen LogP contribution in [0.2, 0.25) is 61.4 Å². The van der Waals surface area contributed by atoms with Crippen LogP contribution in [0.15, 0.2) is 267 Å². The minimum atomic E-state index is -3.02. The summed E-state index contributed by atoms with van der Waals surface area (Å²) >= 11 is 2.50. The van der Waals surface area contributed by atoms with Crippen molar-refractivity contribution in [1.29, 1.82) is 0 Å². The van der Waals surface area contributed by atoms with Crippen molar-refractivity contribution in [3.05, 3.63) is 300 Å². The average molecular weight is 2220 g/mol. The molecule has 144 heavy (non-hydrogen) atoms. The summed E-state index contributed by atoms with van der Waals surface area (Å²) in [6.07, 6.45) is 6.20. The SMILES string of the molecule is COCO[C@H](/C=C\C(OC(=O)c1ccccc1)[C@H]1OC(C)(C)O[C@H]1CCI)[C@H](C)O[Si](c1ccccc1)(c1ccccc1)C(C)(C)C.COCOc1cc(OC)cc(/C=C/C[C@@H]2OC(C)(C)O[C@@H]2C(/C=C\[C@@H](OCOC)[C@H](C)O[Si](c2ccccc2)(c2ccccc2)C(C)(C)C)OC(=O)c2ccccc2)c1C(=O)OCC[Si](C)(C)C.COCOc1cc(OC)cc(C[Se]c2ccccc2)c1C(=O)OCC[Si](C)(C)C. The summed E-state index contributed by atoms with van der Waals surface area (Å²) in [6.45, 7) is 39.0. The molecule has 2 aliphatic heterocycles. The van der Waals surface area contributed by atoms with Crippen molar-refractivity contribution < 1.29 is 113 Å². The standard InChI is InChI=1S/C54H72O12Si2.C38H49IO7Si.C22H30O5SeSi/c1-39(66-68(53(2,3)4,43-26-18-14-19-27-43)44-28-20-15-21-29-44)45(61-37-57-7)31-32-46(63-51(55)40-23-16-13-17-24-40)50-47(64-54(5,6)65-50)30-22-25-41-35-42(59-9)36-48(62-38-58-8)49(41)52(56)60-33-34-67(10,11)12;1-28(46-47(37(2,3)4,30-19-13-9-14-20-30)31-21-15-10-16-22-31)32(42-27-41-7)23-24-33(43-36(40)29-17-11-8-12-18-29)35-34(25-26-39)44-38(5,6)45-35;1-24-16-27-20-14-18(25-2)13-17(15-28-19-9-7-6-8-10-19)21(20)22(23)26-11-12-29(3,4)5/h13-29,31-32,35-36,39,45-47,50H,30,33-34,37-38H2,1-12H3;8-24,28,32-35H,25-27H2,1-7H3;6-10,13-14H,11-12,15-16H2,1-5H3/b25-22+,32-31-;24-23-;/t39-,45+,46?,47-,50+;28-,32+,33?,34-,35+;/m00./s1. The number of hydrogen-bond acceptors (Lipinski definition) is 24. The molecule has 2 heterocycles. The van der Waals surface area contributed by atoms with Gasteiger partial charge in [0.1, 0.15) is 67.3 Å². The average Bonchev–Trinajstić information content (AvgIpc) is 0.755. The summed E-state index contributed by atoms with van der Waals surface area (Å²) in [5, 5.41) is 4.82. The van der Waals surface area contributed by atoms with E-state index in [2.05, 4.69) is 213 Å². The van der Waals surface area contributed by atoms with Gasteiger partial charge in [-0.25, -0.2) is 14.4 Å². The van der Waals surface area contributed by atoms with Crippen LogP contribution in [0.25, 0.3) is 6.08 Å². The third-order valence-electron chi connectivity index (χ3n) is 24.0. The summed E-state index contributed by atoms with van der Waals surface area (Å²) in [4.78, 5) is 54.1. The Morgan fingerprint density at radius 3 is 1.16 bits per heavy atom. The number of carbonyl (C=O) groups is 4. The Hall–Kier alpha value is -9.08. The van der Waals surface area contributed by atoms with Crippen LogP contribution in [0.5, 0.6) is 23.0 Å². The molecular weight excluding hydrogens is 2070 g/mol. The van der Waals surface area contributed by atoms with Crippen LogP contribution in [-0.4, -0.2) is 232 Å². The predicted octanol–water partition coefficient (Wildman–Crippen LogP) is 20.6. The molecule has 9 aromatic carbocycles. The molecule has 2 fully saturated rings. The number of benzene rings is 9. The van der Waals surface area contributed by atoms with Crippen LogP contribution < -0.4 is 44.2 Å². The molecular formula is C114H151IO24SeSi4. The number of hydrogen-bond donors (Lipinski definition) is 0. The molecule has 0 amide bonds. The summed E-state index contributed by atoms with van der Waals surface area (Å²) < 4.78 is 123. The number of carbonyl (C=O) groups excluding carboxylic acids is 4. The first-order valence-corrected chi connectivity index (χ1v) is 63.7. The topological polar surface area (TPSA) is 253 Å². The molecule has 24 nitrogen and oxygen atoms in total. The second-order valence-corrected chi connectivity index (χ2v) is 63.6. The first-order chi connectivity index (χ1) is 68.6. The molecule has 0 aliphatic carbocycles. The Morgan fingerprint density at radius 2 is 0.792 bits per heavy atom. The third-order valence-corrected chi connectivity index (χ3v) is 40.5. The van der Waals surface area contributed by atoms with Gasteiger partial charge in [0.05, 0.1) is 49.3 Å². The van der Waals surface area contributed by atoms with Gasteiger partial charge >= 0.3 is 199 Å². The summed E-state index contributed by atoms with van der Waals surface area (Å²) in [5.74, 6) is -1.90. The number of halogens is 1. The van der Waals surface area contributed by atoms with E-state index >= 15 is 0 Å². The fourth-order valence-electron chi connectivity index (χ4n) is 17.0. The van der Waals surface area contributed by atoms with Crippen molar-refractivity contribution in [2.24, 2.45) is 0 Å². The van der Waals surface area contributed by atoms with E-state index in [4.69, 9.17) is 94.1 Å². The summed E-state index contributed by atoms with van der Waals surface area (Å²) in [7, 11) is 0.671. The van der Waals surface area contributed by atoms with Crippen LogP contribution in [0.3, 0.4) is 0 Å². The van der Waals surface area contributed by atoms with E-state index in [0.29, 0.717) is 52.5 Å². The fourth-order valence-corrected chi connectivity index (χ4v) is 30.3. The van der Waals surface area contributed by atoms with Crippen molar-refractivity contribution in [1.82, 2.24) is 0 Å². The first-order valence-electron chi connectivity index (χ1n) is 48.9. The fraction of sp³-hybridized carbons (Fsp3) is 0.439. The van der Waals surface area contributed by atoms with Gasteiger partial charge in [0, 0.05) is 39.9 Å². The second-order valence-electron chi connectivity index (χ2n) is 40.5. The van der Waals surface area contributed by atoms with Gasteiger partial charge in [-0.2, -0.15) is 0 Å². The van der Waals surface area contributed by atoms with Gasteiger partial charge in [0.2, 0.25) is 0 Å². The molecule has 780 valence electrons. The van der Waals surface area contributed by atoms with Crippen molar-refractivity contribution >= 4 is 125 Å². The van der Waals surface area contributed by atoms with Crippen LogP contribution >= 0.6 is 22.6 Å². The van der Waals surface area contributed by atoms with E-state index in [9.17, 15) is 19.2 Å². The Balaban J connectivity index is 0.000000262. The molecule has 0 bridgehead atoms. The molecule has 0 aromatic heterocycles. The summed E-state index contributed by atoms with van der Waals surface area (Å²) in [6, 6.07) is 78.7. The Bertz CT molecular complexity index is 5390. The number of ether oxygens (including phenoxy) is 18. The molecule has 0 N–H and O–H groups in total. The predicted molar refractivity (Wildman–Crippen MR) is 588 cm³/mol. The minimum absolute atomic E-state index is 0.0161. The number of esters is 4. The van der Waals surface area contributed by atoms with E-state index in [1.807, 2.05) is 145 Å². The van der Waals surface area contributed by atoms with Crippen molar-refractivity contribution in [3.63, 3.8) is 0 Å². The van der Waals surface area contributed by atoms with Gasteiger partial charge in [-0.15, -0.1) is 0 Å². The molecule has 30 heteroatoms. The number of rotatable bonds is 50. The second kappa shape index (κ2) is 56.9. The van der Waals surface area contributed by atoms with Crippen LogP contribution in [-0.2, 0) is 80.5 Å². The molecule has 2 saturated heterocycles. The number of methoxy groups -OCH3 is 6. The van der Waals surface area contributed by atoms with E-state index in [-0.39, 0.29) is 82.2 Å². The molecule has 11 rings (SSSR count).